The monoisotopic (exact) mass is 340 g/mol. The Morgan fingerprint density at radius 2 is 1.89 bits per heavy atom. The Bertz CT molecular complexity index is 276. The van der Waals surface area contributed by atoms with Gasteiger partial charge in [0.25, 0.3) is 0 Å². The molecular formula is C12H25BrO4Si. The van der Waals surface area contributed by atoms with Gasteiger partial charge in [-0.15, -0.1) is 0 Å². The van der Waals surface area contributed by atoms with Crippen LogP contribution in [0.15, 0.2) is 0 Å². The van der Waals surface area contributed by atoms with Crippen molar-refractivity contribution < 1.29 is 19.1 Å². The number of hydrogen-bond acceptors (Lipinski definition) is 4. The van der Waals surface area contributed by atoms with Crippen molar-refractivity contribution in [2.75, 3.05) is 13.2 Å². The first-order valence-electron chi connectivity index (χ1n) is 6.15. The van der Waals surface area contributed by atoms with Gasteiger partial charge in [0, 0.05) is 6.61 Å². The molecule has 0 aliphatic carbocycles. The van der Waals surface area contributed by atoms with Crippen molar-refractivity contribution in [3.05, 3.63) is 0 Å². The van der Waals surface area contributed by atoms with Crippen molar-refractivity contribution in [3.8, 4) is 0 Å². The molecule has 6 heteroatoms. The van der Waals surface area contributed by atoms with E-state index < -0.39 is 25.2 Å². The number of carbonyl (C=O) groups excluding carboxylic acids is 1. The third kappa shape index (κ3) is 5.38. The third-order valence-electron chi connectivity index (χ3n) is 3.28. The predicted molar refractivity (Wildman–Crippen MR) is 78.5 cm³/mol. The van der Waals surface area contributed by atoms with E-state index in [1.165, 1.54) is 0 Å². The van der Waals surface area contributed by atoms with Gasteiger partial charge in [-0.2, -0.15) is 0 Å². The van der Waals surface area contributed by atoms with Gasteiger partial charge in [-0.05, 0) is 25.1 Å². The van der Waals surface area contributed by atoms with Crippen molar-refractivity contribution in [3.63, 3.8) is 0 Å². The predicted octanol–water partition coefficient (Wildman–Crippen LogP) is 2.70. The molecule has 0 spiro atoms. The van der Waals surface area contributed by atoms with Gasteiger partial charge in [0.15, 0.2) is 14.4 Å². The van der Waals surface area contributed by atoms with E-state index in [1.807, 2.05) is 0 Å². The highest BCUT2D eigenvalue weighted by molar-refractivity contribution is 9.09. The number of aliphatic hydroxyl groups is 1. The van der Waals surface area contributed by atoms with Crippen molar-refractivity contribution in [1.29, 1.82) is 0 Å². The Hall–Kier alpha value is 0.0869. The minimum atomic E-state index is -1.86. The Kier molecular flexibility index (Phi) is 7.06. The maximum atomic E-state index is 11.4. The quantitative estimate of drug-likeness (QED) is 0.458. The first-order chi connectivity index (χ1) is 8.03. The van der Waals surface area contributed by atoms with Crippen LogP contribution in [-0.4, -0.2) is 43.5 Å². The minimum Gasteiger partial charge on any atom is -0.464 e. The Labute approximate surface area is 119 Å². The molecule has 0 rings (SSSR count). The summed E-state index contributed by atoms with van der Waals surface area (Å²) < 4.78 is 10.7. The van der Waals surface area contributed by atoms with Gasteiger partial charge in [-0.25, -0.2) is 4.79 Å². The fourth-order valence-corrected chi connectivity index (χ4v) is 2.59. The van der Waals surface area contributed by atoms with Gasteiger partial charge < -0.3 is 14.3 Å². The van der Waals surface area contributed by atoms with Crippen molar-refractivity contribution in [1.82, 2.24) is 0 Å². The summed E-state index contributed by atoms with van der Waals surface area (Å²) in [7, 11) is -1.86. The maximum Gasteiger partial charge on any atom is 0.336 e. The standard InChI is InChI=1S/C12H25BrO4Si/c1-7-16-11(15)10(14)9(13)8-17-18(5,6)12(2,3)4/h9-10,14H,7-8H2,1-6H3/t9-,10-/m1/s1. The van der Waals surface area contributed by atoms with Crippen LogP contribution in [0.25, 0.3) is 0 Å². The van der Waals surface area contributed by atoms with E-state index in [9.17, 15) is 9.90 Å². The summed E-state index contributed by atoms with van der Waals surface area (Å²) in [4.78, 5) is 10.9. The van der Waals surface area contributed by atoms with Crippen molar-refractivity contribution in [2.24, 2.45) is 0 Å². The summed E-state index contributed by atoms with van der Waals surface area (Å²) in [5, 5.41) is 9.84. The fraction of sp³-hybridized carbons (Fsp3) is 0.917. The minimum absolute atomic E-state index is 0.106. The highest BCUT2D eigenvalue weighted by atomic mass is 79.9. The molecule has 0 bridgehead atoms. The number of halogens is 1. The molecule has 0 unspecified atom stereocenters. The van der Waals surface area contributed by atoms with E-state index in [0.29, 0.717) is 6.61 Å². The molecule has 0 aromatic rings. The van der Waals surface area contributed by atoms with E-state index in [2.05, 4.69) is 49.8 Å². The molecule has 0 fully saturated rings. The van der Waals surface area contributed by atoms with Crippen LogP contribution in [0.5, 0.6) is 0 Å². The molecule has 0 aliphatic heterocycles. The van der Waals surface area contributed by atoms with E-state index >= 15 is 0 Å². The number of aliphatic hydroxyl groups excluding tert-OH is 1. The molecule has 108 valence electrons. The molecule has 0 aromatic carbocycles. The first-order valence-corrected chi connectivity index (χ1v) is 9.98. The van der Waals surface area contributed by atoms with Crippen molar-refractivity contribution >= 4 is 30.2 Å². The second-order valence-electron chi connectivity index (χ2n) is 5.78. The second-order valence-corrected chi connectivity index (χ2v) is 11.8. The molecule has 0 aromatic heterocycles. The summed E-state index contributed by atoms with van der Waals surface area (Å²) in [6.07, 6.45) is -1.19. The summed E-state index contributed by atoms with van der Waals surface area (Å²) in [6.45, 7) is 13.0. The summed E-state index contributed by atoms with van der Waals surface area (Å²) >= 11 is 3.28. The lowest BCUT2D eigenvalue weighted by molar-refractivity contribution is -0.153. The number of ether oxygens (including phenoxy) is 1. The van der Waals surface area contributed by atoms with Gasteiger partial charge >= 0.3 is 5.97 Å². The molecule has 1 N–H and O–H groups in total. The van der Waals surface area contributed by atoms with Crippen LogP contribution in [0, 0.1) is 0 Å². The van der Waals surface area contributed by atoms with Gasteiger partial charge in [-0.1, -0.05) is 36.7 Å². The van der Waals surface area contributed by atoms with Crippen LogP contribution >= 0.6 is 15.9 Å². The number of alkyl halides is 1. The van der Waals surface area contributed by atoms with Gasteiger partial charge in [0.1, 0.15) is 0 Å². The number of esters is 1. The topological polar surface area (TPSA) is 55.8 Å². The molecule has 4 nitrogen and oxygen atoms in total. The van der Waals surface area contributed by atoms with Crippen LogP contribution in [0.2, 0.25) is 18.1 Å². The highest BCUT2D eigenvalue weighted by Crippen LogP contribution is 2.36. The van der Waals surface area contributed by atoms with E-state index in [0.717, 1.165) is 0 Å². The maximum absolute atomic E-state index is 11.4. The van der Waals surface area contributed by atoms with Crippen LogP contribution in [0.3, 0.4) is 0 Å². The van der Waals surface area contributed by atoms with Crippen LogP contribution in [0.4, 0.5) is 0 Å². The fourth-order valence-electron chi connectivity index (χ4n) is 0.971. The van der Waals surface area contributed by atoms with E-state index in [4.69, 9.17) is 9.16 Å². The third-order valence-corrected chi connectivity index (χ3v) is 8.55. The van der Waals surface area contributed by atoms with Gasteiger partial charge in [0.05, 0.1) is 11.4 Å². The molecule has 0 saturated heterocycles. The van der Waals surface area contributed by atoms with Gasteiger partial charge in [-0.3, -0.25) is 0 Å². The van der Waals surface area contributed by atoms with Crippen LogP contribution in [-0.2, 0) is 14.0 Å². The highest BCUT2D eigenvalue weighted by Gasteiger charge is 2.38. The SMILES string of the molecule is CCOC(=O)[C@H](O)[C@H](Br)CO[Si](C)(C)C(C)(C)C. The summed E-state index contributed by atoms with van der Waals surface area (Å²) in [6, 6.07) is 0. The molecule has 0 saturated carbocycles. The largest absolute Gasteiger partial charge is 0.464 e. The smallest absolute Gasteiger partial charge is 0.336 e. The Balaban J connectivity index is 4.34. The summed E-state index contributed by atoms with van der Waals surface area (Å²) in [5.41, 5.74) is 0. The lowest BCUT2D eigenvalue weighted by Gasteiger charge is -2.37. The number of rotatable bonds is 6. The lowest BCUT2D eigenvalue weighted by atomic mass is 10.2. The zero-order chi connectivity index (χ0) is 14.6. The summed E-state index contributed by atoms with van der Waals surface area (Å²) in [5.74, 6) is -0.613. The molecule has 2 atom stereocenters. The number of hydrogen-bond donors (Lipinski definition) is 1. The van der Waals surface area contributed by atoms with Crippen molar-refractivity contribution in [2.45, 2.75) is 56.8 Å². The second kappa shape index (κ2) is 7.03. The molecule has 0 heterocycles. The molecule has 18 heavy (non-hydrogen) atoms. The first kappa shape index (κ1) is 18.1. The van der Waals surface area contributed by atoms with Crippen LogP contribution in [0.1, 0.15) is 27.7 Å². The molecule has 0 amide bonds. The van der Waals surface area contributed by atoms with E-state index in [-0.39, 0.29) is 11.6 Å². The van der Waals surface area contributed by atoms with Crippen LogP contribution < -0.4 is 0 Å². The van der Waals surface area contributed by atoms with E-state index in [1.54, 1.807) is 6.92 Å². The molecule has 0 aliphatic rings. The normalized spacial score (nSPS) is 16.2. The molecular weight excluding hydrogens is 316 g/mol. The average Bonchev–Trinajstić information content (AvgIpc) is 2.23. The van der Waals surface area contributed by atoms with Gasteiger partial charge in [0.2, 0.25) is 0 Å². The Morgan fingerprint density at radius 3 is 2.28 bits per heavy atom. The Morgan fingerprint density at radius 1 is 1.39 bits per heavy atom. The zero-order valence-electron chi connectivity index (χ0n) is 12.1. The lowest BCUT2D eigenvalue weighted by Crippen LogP contribution is -2.44. The molecule has 0 radical (unpaired) electrons. The zero-order valence-corrected chi connectivity index (χ0v) is 14.7. The average molecular weight is 341 g/mol. The number of carbonyl (C=O) groups is 1.